The summed E-state index contributed by atoms with van der Waals surface area (Å²) < 4.78 is 5.74. The molecule has 0 fully saturated rings. The summed E-state index contributed by atoms with van der Waals surface area (Å²) in [7, 11) is 0. The third-order valence-electron chi connectivity index (χ3n) is 4.13. The molecular weight excluding hydrogens is 356 g/mol. The lowest BCUT2D eigenvalue weighted by Gasteiger charge is -2.14. The number of halogens is 1. The Morgan fingerprint density at radius 3 is 2.31 bits per heavy atom. The van der Waals surface area contributed by atoms with E-state index in [2.05, 4.69) is 22.4 Å². The first-order chi connectivity index (χ1) is 12.4. The van der Waals surface area contributed by atoms with Crippen molar-refractivity contribution in [2.75, 3.05) is 0 Å². The predicted octanol–water partition coefficient (Wildman–Crippen LogP) is 3.68. The maximum absolute atomic E-state index is 10.7. The molecule has 2 atom stereocenters. The lowest BCUT2D eigenvalue weighted by Crippen LogP contribution is -2.85. The van der Waals surface area contributed by atoms with E-state index in [1.807, 2.05) is 31.2 Å². The topological polar surface area (TPSA) is 98.7 Å². The number of rotatable bonds is 6. The van der Waals surface area contributed by atoms with E-state index >= 15 is 0 Å². The van der Waals surface area contributed by atoms with Gasteiger partial charge in [-0.1, -0.05) is 23.7 Å². The third-order valence-corrected chi connectivity index (χ3v) is 4.38. The van der Waals surface area contributed by atoms with E-state index < -0.39 is 4.92 Å². The second-order valence-corrected chi connectivity index (χ2v) is 6.51. The van der Waals surface area contributed by atoms with Crippen molar-refractivity contribution in [3.63, 3.8) is 0 Å². The second-order valence-electron chi connectivity index (χ2n) is 6.07. The molecule has 26 heavy (non-hydrogen) atoms. The van der Waals surface area contributed by atoms with E-state index in [-0.39, 0.29) is 17.8 Å². The van der Waals surface area contributed by atoms with E-state index in [4.69, 9.17) is 16.0 Å². The van der Waals surface area contributed by atoms with Gasteiger partial charge in [0.25, 0.3) is 11.6 Å². The van der Waals surface area contributed by atoms with Gasteiger partial charge in [-0.05, 0) is 38.1 Å². The fourth-order valence-corrected chi connectivity index (χ4v) is 2.78. The second kappa shape index (κ2) is 7.63. The van der Waals surface area contributed by atoms with Gasteiger partial charge in [0.05, 0.1) is 4.92 Å². The minimum atomic E-state index is -0.446. The Hall–Kier alpha value is -2.77. The largest absolute Gasteiger partial charge is 0.415 e. The standard InChI is InChI=1S/C18H17ClN4O3/c1-11(13-3-7-15(19)8-4-13)20-12(2)17-21-22-18(26-17)14-5-9-16(10-6-14)23(24)25/h3-12,20H,1-2H3/p+1/t11-,12+/m0/s1. The van der Waals surface area contributed by atoms with Crippen LogP contribution in [-0.2, 0) is 0 Å². The van der Waals surface area contributed by atoms with Crippen molar-refractivity contribution in [2.45, 2.75) is 25.9 Å². The van der Waals surface area contributed by atoms with Crippen molar-refractivity contribution in [3.05, 3.63) is 75.1 Å². The van der Waals surface area contributed by atoms with Gasteiger partial charge in [0, 0.05) is 28.3 Å². The molecule has 7 nitrogen and oxygen atoms in total. The molecule has 0 aliphatic carbocycles. The summed E-state index contributed by atoms with van der Waals surface area (Å²) >= 11 is 5.93. The lowest BCUT2D eigenvalue weighted by molar-refractivity contribution is -0.730. The average Bonchev–Trinajstić information content (AvgIpc) is 3.12. The third kappa shape index (κ3) is 4.07. The first kappa shape index (κ1) is 18.0. The number of nitro groups is 1. The zero-order chi connectivity index (χ0) is 18.7. The van der Waals surface area contributed by atoms with E-state index in [9.17, 15) is 10.1 Å². The molecule has 0 unspecified atom stereocenters. The number of nitro benzene ring substituents is 1. The molecule has 0 aliphatic rings. The van der Waals surface area contributed by atoms with Gasteiger partial charge in [0.2, 0.25) is 5.89 Å². The minimum absolute atomic E-state index is 0.0204. The van der Waals surface area contributed by atoms with Crippen LogP contribution in [0.15, 0.2) is 52.9 Å². The molecule has 0 aliphatic heterocycles. The molecule has 0 bridgehead atoms. The van der Waals surface area contributed by atoms with Gasteiger partial charge in [-0.15, -0.1) is 10.2 Å². The van der Waals surface area contributed by atoms with Gasteiger partial charge in [0.15, 0.2) is 6.04 Å². The van der Waals surface area contributed by atoms with Gasteiger partial charge in [-0.25, -0.2) is 0 Å². The van der Waals surface area contributed by atoms with Gasteiger partial charge >= 0.3 is 0 Å². The highest BCUT2D eigenvalue weighted by Gasteiger charge is 2.21. The molecular formula is C18H18ClN4O3+. The SMILES string of the molecule is C[C@H]([NH2+][C@H](C)c1nnc(-c2ccc([N+](=O)[O-])cc2)o1)c1ccc(Cl)cc1. The number of quaternary nitrogens is 1. The van der Waals surface area contributed by atoms with Crippen molar-refractivity contribution < 1.29 is 14.7 Å². The van der Waals surface area contributed by atoms with Crippen LogP contribution in [0.25, 0.3) is 11.5 Å². The van der Waals surface area contributed by atoms with Crippen LogP contribution in [0.5, 0.6) is 0 Å². The first-order valence-electron chi connectivity index (χ1n) is 8.12. The maximum Gasteiger partial charge on any atom is 0.274 e. The number of hydrogen-bond donors (Lipinski definition) is 1. The molecule has 3 aromatic rings. The molecule has 8 heteroatoms. The Morgan fingerprint density at radius 1 is 1.04 bits per heavy atom. The molecule has 134 valence electrons. The number of nitrogens with zero attached hydrogens (tertiary/aromatic N) is 3. The summed E-state index contributed by atoms with van der Waals surface area (Å²) in [4.78, 5) is 10.3. The molecule has 0 saturated carbocycles. The summed E-state index contributed by atoms with van der Waals surface area (Å²) in [6.07, 6.45) is 0. The smallest absolute Gasteiger partial charge is 0.274 e. The molecule has 1 aromatic heterocycles. The number of aromatic nitrogens is 2. The van der Waals surface area contributed by atoms with Gasteiger partial charge in [0.1, 0.15) is 6.04 Å². The van der Waals surface area contributed by atoms with Crippen LogP contribution in [0.1, 0.15) is 37.4 Å². The Labute approximate surface area is 155 Å². The van der Waals surface area contributed by atoms with Crippen LogP contribution in [0.4, 0.5) is 5.69 Å². The quantitative estimate of drug-likeness (QED) is 0.524. The highest BCUT2D eigenvalue weighted by molar-refractivity contribution is 6.30. The first-order valence-corrected chi connectivity index (χ1v) is 8.50. The van der Waals surface area contributed by atoms with Crippen LogP contribution >= 0.6 is 11.6 Å². The van der Waals surface area contributed by atoms with Crippen LogP contribution in [0.3, 0.4) is 0 Å². The van der Waals surface area contributed by atoms with Crippen molar-refractivity contribution in [1.82, 2.24) is 10.2 Å². The van der Waals surface area contributed by atoms with E-state index in [0.29, 0.717) is 22.4 Å². The van der Waals surface area contributed by atoms with Crippen molar-refractivity contribution in [1.29, 1.82) is 0 Å². The van der Waals surface area contributed by atoms with Crippen molar-refractivity contribution in [3.8, 4) is 11.5 Å². The highest BCUT2D eigenvalue weighted by Crippen LogP contribution is 2.22. The molecule has 0 saturated heterocycles. The monoisotopic (exact) mass is 373 g/mol. The summed E-state index contributed by atoms with van der Waals surface area (Å²) in [5, 5.41) is 21.7. The lowest BCUT2D eigenvalue weighted by atomic mass is 10.1. The van der Waals surface area contributed by atoms with Gasteiger partial charge < -0.3 is 9.73 Å². The zero-order valence-electron chi connectivity index (χ0n) is 14.3. The molecule has 3 rings (SSSR count). The summed E-state index contributed by atoms with van der Waals surface area (Å²) in [6, 6.07) is 13.9. The fourth-order valence-electron chi connectivity index (χ4n) is 2.65. The molecule has 0 spiro atoms. The molecule has 0 amide bonds. The van der Waals surface area contributed by atoms with E-state index in [1.54, 1.807) is 12.1 Å². The van der Waals surface area contributed by atoms with Crippen molar-refractivity contribution >= 4 is 17.3 Å². The number of nitrogens with two attached hydrogens (primary N) is 1. The highest BCUT2D eigenvalue weighted by atomic mass is 35.5. The number of hydrogen-bond acceptors (Lipinski definition) is 5. The van der Waals surface area contributed by atoms with Crippen LogP contribution in [0.2, 0.25) is 5.02 Å². The molecule has 0 radical (unpaired) electrons. The summed E-state index contributed by atoms with van der Waals surface area (Å²) in [5.74, 6) is 0.841. The number of benzene rings is 2. The fraction of sp³-hybridized carbons (Fsp3) is 0.222. The van der Waals surface area contributed by atoms with Crippen molar-refractivity contribution in [2.24, 2.45) is 0 Å². The van der Waals surface area contributed by atoms with Crippen LogP contribution in [0, 0.1) is 10.1 Å². The molecule has 2 N–H and O–H groups in total. The van der Waals surface area contributed by atoms with Crippen LogP contribution in [-0.4, -0.2) is 15.1 Å². The summed E-state index contributed by atoms with van der Waals surface area (Å²) in [6.45, 7) is 4.08. The summed E-state index contributed by atoms with van der Waals surface area (Å²) in [5.41, 5.74) is 1.82. The van der Waals surface area contributed by atoms with E-state index in [1.165, 1.54) is 12.1 Å². The maximum atomic E-state index is 10.7. The average molecular weight is 374 g/mol. The zero-order valence-corrected chi connectivity index (χ0v) is 15.1. The van der Waals surface area contributed by atoms with Gasteiger partial charge in [-0.3, -0.25) is 10.1 Å². The Morgan fingerprint density at radius 2 is 1.69 bits per heavy atom. The predicted molar refractivity (Wildman–Crippen MR) is 96.6 cm³/mol. The van der Waals surface area contributed by atoms with E-state index in [0.717, 1.165) is 5.56 Å². The Kier molecular flexibility index (Phi) is 5.29. The molecule has 1 heterocycles. The Bertz CT molecular complexity index is 894. The number of non-ortho nitro benzene ring substituents is 1. The van der Waals surface area contributed by atoms with Crippen LogP contribution < -0.4 is 5.32 Å². The van der Waals surface area contributed by atoms with Gasteiger partial charge in [-0.2, -0.15) is 0 Å². The molecule has 2 aromatic carbocycles. The Balaban J connectivity index is 1.70. The normalized spacial score (nSPS) is 13.3. The minimum Gasteiger partial charge on any atom is -0.415 e.